The molecule has 0 amide bonds. The molecule has 0 aliphatic rings. The summed E-state index contributed by atoms with van der Waals surface area (Å²) in [5, 5.41) is 0. The lowest BCUT2D eigenvalue weighted by Gasteiger charge is -2.02. The quantitative estimate of drug-likeness (QED) is 0.269. The van der Waals surface area contributed by atoms with Gasteiger partial charge >= 0.3 is 0 Å². The number of hydrogen-bond acceptors (Lipinski definition) is 0. The van der Waals surface area contributed by atoms with E-state index in [1.165, 1.54) is 96.3 Å². The Labute approximate surface area is 130 Å². The number of unbranched alkanes of at least 4 members (excludes halogenated alkanes) is 14. The van der Waals surface area contributed by atoms with Crippen LogP contribution in [0.1, 0.15) is 103 Å². The highest BCUT2D eigenvalue weighted by Gasteiger charge is 1.93. The van der Waals surface area contributed by atoms with Crippen LogP contribution in [0.15, 0.2) is 11.1 Å². The van der Waals surface area contributed by atoms with E-state index in [0.29, 0.717) is 0 Å². The molecule has 0 saturated heterocycles. The van der Waals surface area contributed by atoms with Crippen molar-refractivity contribution < 1.29 is 0 Å². The minimum atomic E-state index is 1.24. The zero-order chi connectivity index (χ0) is 14.0. The van der Waals surface area contributed by atoms with Gasteiger partial charge < -0.3 is 0 Å². The molecule has 0 heterocycles. The lowest BCUT2D eigenvalue weighted by Crippen LogP contribution is -1.83. The van der Waals surface area contributed by atoms with Crippen LogP contribution in [-0.2, 0) is 0 Å². The zero-order valence-electron chi connectivity index (χ0n) is 13.1. The van der Waals surface area contributed by atoms with Crippen molar-refractivity contribution in [3.05, 3.63) is 11.1 Å². The monoisotopic (exact) mass is 330 g/mol. The third kappa shape index (κ3) is 18.2. The Morgan fingerprint density at radius 2 is 0.947 bits per heavy atom. The first-order valence-corrected chi connectivity index (χ1v) is 9.58. The van der Waals surface area contributed by atoms with Crippen LogP contribution >= 0.6 is 15.9 Å². The lowest BCUT2D eigenvalue weighted by molar-refractivity contribution is 0.536. The van der Waals surface area contributed by atoms with Gasteiger partial charge in [-0.15, -0.1) is 0 Å². The largest absolute Gasteiger partial charge is 0.0776 e. The highest BCUT2D eigenvalue weighted by Crippen LogP contribution is 2.13. The summed E-state index contributed by atoms with van der Waals surface area (Å²) in [6.45, 7) is 2.29. The van der Waals surface area contributed by atoms with Crippen LogP contribution in [0.5, 0.6) is 0 Å². The summed E-state index contributed by atoms with van der Waals surface area (Å²) in [4.78, 5) is 1.98. The molecule has 0 nitrogen and oxygen atoms in total. The standard InChI is InChI=1S/C18H35Br/c1-2-3-4-5-6-7-8-9-10-11-12-13-14-15-16-17-18-19/h17-18H,2-16H2,1H3/b18-17+. The summed E-state index contributed by atoms with van der Waals surface area (Å²) in [7, 11) is 0. The van der Waals surface area contributed by atoms with Crippen molar-refractivity contribution >= 4 is 15.9 Å². The maximum absolute atomic E-state index is 3.31. The molecule has 0 fully saturated rings. The summed E-state index contributed by atoms with van der Waals surface area (Å²) < 4.78 is 0. The second kappa shape index (κ2) is 18.2. The fourth-order valence-corrected chi connectivity index (χ4v) is 2.78. The number of allylic oxidation sites excluding steroid dienone is 1. The third-order valence-electron chi connectivity index (χ3n) is 3.81. The molecule has 0 spiro atoms. The Balaban J connectivity index is 2.91. The molecule has 0 atom stereocenters. The molecule has 0 unspecified atom stereocenters. The summed E-state index contributed by atoms with van der Waals surface area (Å²) >= 11 is 3.31. The first-order chi connectivity index (χ1) is 9.41. The van der Waals surface area contributed by atoms with Crippen LogP contribution in [-0.4, -0.2) is 0 Å². The average molecular weight is 331 g/mol. The Morgan fingerprint density at radius 3 is 1.32 bits per heavy atom. The molecule has 0 aliphatic heterocycles. The Bertz CT molecular complexity index is 175. The molecule has 0 aromatic carbocycles. The number of rotatable bonds is 15. The van der Waals surface area contributed by atoms with Crippen molar-refractivity contribution in [1.29, 1.82) is 0 Å². The molecular formula is C18H35Br. The van der Waals surface area contributed by atoms with E-state index in [4.69, 9.17) is 0 Å². The first kappa shape index (κ1) is 19.2. The second-order valence-corrected chi connectivity index (χ2v) is 6.28. The van der Waals surface area contributed by atoms with Gasteiger partial charge in [0.2, 0.25) is 0 Å². The summed E-state index contributed by atoms with van der Waals surface area (Å²) in [6, 6.07) is 0. The van der Waals surface area contributed by atoms with E-state index in [9.17, 15) is 0 Å². The van der Waals surface area contributed by atoms with Gasteiger partial charge in [0, 0.05) is 0 Å². The van der Waals surface area contributed by atoms with E-state index in [1.54, 1.807) is 0 Å². The minimum absolute atomic E-state index is 1.24. The topological polar surface area (TPSA) is 0 Å². The Morgan fingerprint density at radius 1 is 0.579 bits per heavy atom. The third-order valence-corrected chi connectivity index (χ3v) is 4.19. The smallest absolute Gasteiger partial charge is 0.0229 e. The fourth-order valence-electron chi connectivity index (χ4n) is 2.52. The SMILES string of the molecule is CCCCCCCCCCCCCCCC/C=C/Br. The van der Waals surface area contributed by atoms with Gasteiger partial charge in [-0.3, -0.25) is 0 Å². The van der Waals surface area contributed by atoms with Crippen LogP contribution in [0.3, 0.4) is 0 Å². The fraction of sp³-hybridized carbons (Fsp3) is 0.889. The van der Waals surface area contributed by atoms with Gasteiger partial charge in [0.1, 0.15) is 0 Å². The van der Waals surface area contributed by atoms with E-state index in [0.717, 1.165) is 0 Å². The van der Waals surface area contributed by atoms with Crippen LogP contribution in [0, 0.1) is 0 Å². The zero-order valence-corrected chi connectivity index (χ0v) is 14.7. The average Bonchev–Trinajstić information content (AvgIpc) is 2.43. The molecule has 0 aromatic rings. The highest BCUT2D eigenvalue weighted by atomic mass is 79.9. The van der Waals surface area contributed by atoms with Crippen molar-refractivity contribution in [3.8, 4) is 0 Å². The van der Waals surface area contributed by atoms with Gasteiger partial charge in [-0.25, -0.2) is 0 Å². The van der Waals surface area contributed by atoms with E-state index in [-0.39, 0.29) is 0 Å². The van der Waals surface area contributed by atoms with Crippen LogP contribution in [0.4, 0.5) is 0 Å². The Kier molecular flexibility index (Phi) is 18.4. The van der Waals surface area contributed by atoms with E-state index in [1.807, 2.05) is 4.99 Å². The molecule has 0 N–H and O–H groups in total. The molecule has 0 rings (SSSR count). The highest BCUT2D eigenvalue weighted by molar-refractivity contribution is 9.11. The van der Waals surface area contributed by atoms with Gasteiger partial charge in [0.25, 0.3) is 0 Å². The molecule has 0 bridgehead atoms. The van der Waals surface area contributed by atoms with Gasteiger partial charge in [0.15, 0.2) is 0 Å². The predicted octanol–water partition coefficient (Wildman–Crippen LogP) is 7.77. The van der Waals surface area contributed by atoms with Gasteiger partial charge in [0.05, 0.1) is 0 Å². The van der Waals surface area contributed by atoms with Crippen LogP contribution in [0.2, 0.25) is 0 Å². The Hall–Kier alpha value is 0.220. The first-order valence-electron chi connectivity index (χ1n) is 8.67. The van der Waals surface area contributed by atoms with Gasteiger partial charge in [-0.1, -0.05) is 112 Å². The summed E-state index contributed by atoms with van der Waals surface area (Å²) in [5.74, 6) is 0. The molecule has 19 heavy (non-hydrogen) atoms. The van der Waals surface area contributed by atoms with Gasteiger partial charge in [-0.2, -0.15) is 0 Å². The van der Waals surface area contributed by atoms with Crippen molar-refractivity contribution in [1.82, 2.24) is 0 Å². The number of halogens is 1. The maximum atomic E-state index is 3.31. The van der Waals surface area contributed by atoms with Crippen molar-refractivity contribution in [2.45, 2.75) is 103 Å². The molecular weight excluding hydrogens is 296 g/mol. The van der Waals surface area contributed by atoms with E-state index >= 15 is 0 Å². The minimum Gasteiger partial charge on any atom is -0.0776 e. The molecule has 0 radical (unpaired) electrons. The summed E-state index contributed by atoms with van der Waals surface area (Å²) in [6.07, 6.45) is 23.7. The molecule has 0 aromatic heterocycles. The van der Waals surface area contributed by atoms with Crippen LogP contribution in [0.25, 0.3) is 0 Å². The molecule has 1 heteroatoms. The summed E-state index contributed by atoms with van der Waals surface area (Å²) in [5.41, 5.74) is 0. The predicted molar refractivity (Wildman–Crippen MR) is 93.0 cm³/mol. The van der Waals surface area contributed by atoms with Gasteiger partial charge in [-0.05, 0) is 17.8 Å². The van der Waals surface area contributed by atoms with E-state index in [2.05, 4.69) is 28.9 Å². The van der Waals surface area contributed by atoms with Crippen molar-refractivity contribution in [2.75, 3.05) is 0 Å². The maximum Gasteiger partial charge on any atom is -0.0229 e. The molecule has 0 aliphatic carbocycles. The van der Waals surface area contributed by atoms with Crippen molar-refractivity contribution in [3.63, 3.8) is 0 Å². The molecule has 0 saturated carbocycles. The van der Waals surface area contributed by atoms with Crippen LogP contribution < -0.4 is 0 Å². The second-order valence-electron chi connectivity index (χ2n) is 5.75. The lowest BCUT2D eigenvalue weighted by atomic mass is 10.0. The molecule has 114 valence electrons. The van der Waals surface area contributed by atoms with E-state index < -0.39 is 0 Å². The number of hydrogen-bond donors (Lipinski definition) is 0. The normalized spacial score (nSPS) is 11.5. The van der Waals surface area contributed by atoms with Crippen molar-refractivity contribution in [2.24, 2.45) is 0 Å².